The van der Waals surface area contributed by atoms with Crippen LogP contribution in [0.15, 0.2) is 10.6 Å². The number of nitrogen functional groups attached to an aromatic ring is 1. The molecule has 0 aliphatic heterocycles. The number of nitrogens with one attached hydrogen (secondary N) is 1. The number of hydrazine groups is 1. The minimum atomic E-state index is -0.436. The van der Waals surface area contributed by atoms with E-state index >= 15 is 0 Å². The second-order valence-electron chi connectivity index (χ2n) is 4.90. The van der Waals surface area contributed by atoms with E-state index in [4.69, 9.17) is 10.4 Å². The number of amides is 1. The molecule has 0 aliphatic carbocycles. The van der Waals surface area contributed by atoms with E-state index in [1.54, 1.807) is 6.07 Å². The Morgan fingerprint density at radius 1 is 1.24 bits per heavy atom. The van der Waals surface area contributed by atoms with Gasteiger partial charge in [0.2, 0.25) is 0 Å². The minimum absolute atomic E-state index is 0.215. The maximum atomic E-state index is 11.3. The molecule has 120 valence electrons. The zero-order valence-corrected chi connectivity index (χ0v) is 13.3. The predicted octanol–water partition coefficient (Wildman–Crippen LogP) is 0.832. The highest BCUT2D eigenvalue weighted by molar-refractivity contribution is 5.91. The first-order valence-corrected chi connectivity index (χ1v) is 7.55. The molecule has 0 radical (unpaired) electrons. The van der Waals surface area contributed by atoms with Crippen LogP contribution in [0.25, 0.3) is 0 Å². The van der Waals surface area contributed by atoms with Crippen molar-refractivity contribution in [1.29, 1.82) is 0 Å². The van der Waals surface area contributed by atoms with Crippen LogP contribution in [-0.4, -0.2) is 53.6 Å². The minimum Gasteiger partial charge on any atom is -0.359 e. The fourth-order valence-electron chi connectivity index (χ4n) is 2.20. The van der Waals surface area contributed by atoms with E-state index in [0.29, 0.717) is 12.3 Å². The Hall–Kier alpha value is -1.44. The zero-order chi connectivity index (χ0) is 15.7. The van der Waals surface area contributed by atoms with Gasteiger partial charge in [0.05, 0.1) is 6.54 Å². The third-order valence-electron chi connectivity index (χ3n) is 3.59. The van der Waals surface area contributed by atoms with Gasteiger partial charge in [0.1, 0.15) is 0 Å². The van der Waals surface area contributed by atoms with E-state index in [2.05, 4.69) is 35.7 Å². The lowest BCUT2D eigenvalue weighted by atomic mass is 10.3. The van der Waals surface area contributed by atoms with Crippen molar-refractivity contribution in [3.05, 3.63) is 17.5 Å². The normalized spacial score (nSPS) is 11.3. The lowest BCUT2D eigenvalue weighted by molar-refractivity contribution is 0.0944. The van der Waals surface area contributed by atoms with Gasteiger partial charge in [0.15, 0.2) is 11.5 Å². The summed E-state index contributed by atoms with van der Waals surface area (Å²) in [4.78, 5) is 16.0. The van der Waals surface area contributed by atoms with Gasteiger partial charge in [-0.3, -0.25) is 15.1 Å². The summed E-state index contributed by atoms with van der Waals surface area (Å²) in [7, 11) is 0. The molecule has 0 atom stereocenters. The monoisotopic (exact) mass is 297 g/mol. The van der Waals surface area contributed by atoms with E-state index < -0.39 is 5.91 Å². The van der Waals surface area contributed by atoms with Crippen LogP contribution >= 0.6 is 0 Å². The molecule has 1 aromatic rings. The Balaban J connectivity index is 2.43. The van der Waals surface area contributed by atoms with Gasteiger partial charge in [-0.15, -0.1) is 0 Å². The summed E-state index contributed by atoms with van der Waals surface area (Å²) >= 11 is 0. The molecule has 7 heteroatoms. The standard InChI is InChI=1S/C14H27N5O2/c1-4-18(5-2)8-7-9-19(6-3)11-12-10-13(17-21-12)14(20)16-15/h10H,4-9,11,15H2,1-3H3,(H,16,20). The molecule has 0 saturated carbocycles. The van der Waals surface area contributed by atoms with Crippen LogP contribution < -0.4 is 11.3 Å². The maximum Gasteiger partial charge on any atom is 0.287 e. The van der Waals surface area contributed by atoms with Crippen LogP contribution in [-0.2, 0) is 6.54 Å². The van der Waals surface area contributed by atoms with Crippen molar-refractivity contribution >= 4 is 5.91 Å². The van der Waals surface area contributed by atoms with Crippen molar-refractivity contribution in [3.63, 3.8) is 0 Å². The van der Waals surface area contributed by atoms with Gasteiger partial charge in [-0.25, -0.2) is 5.84 Å². The molecule has 0 fully saturated rings. The van der Waals surface area contributed by atoms with Crippen LogP contribution in [0.5, 0.6) is 0 Å². The molecule has 7 nitrogen and oxygen atoms in total. The number of aromatic nitrogens is 1. The molecule has 0 unspecified atom stereocenters. The molecule has 1 amide bonds. The second-order valence-corrected chi connectivity index (χ2v) is 4.90. The van der Waals surface area contributed by atoms with Crippen molar-refractivity contribution < 1.29 is 9.32 Å². The number of carbonyl (C=O) groups excluding carboxylic acids is 1. The summed E-state index contributed by atoms with van der Waals surface area (Å²) in [5.41, 5.74) is 2.26. The van der Waals surface area contributed by atoms with Gasteiger partial charge in [0.25, 0.3) is 5.91 Å². The summed E-state index contributed by atoms with van der Waals surface area (Å²) in [6.07, 6.45) is 1.11. The second kappa shape index (κ2) is 9.49. The highest BCUT2D eigenvalue weighted by Crippen LogP contribution is 2.08. The summed E-state index contributed by atoms with van der Waals surface area (Å²) in [6.45, 7) is 12.3. The van der Waals surface area contributed by atoms with Crippen molar-refractivity contribution in [3.8, 4) is 0 Å². The average molecular weight is 297 g/mol. The van der Waals surface area contributed by atoms with Gasteiger partial charge in [-0.2, -0.15) is 0 Å². The molecule has 0 aliphatic rings. The molecular weight excluding hydrogens is 270 g/mol. The van der Waals surface area contributed by atoms with Crippen molar-refractivity contribution in [2.45, 2.75) is 33.7 Å². The predicted molar refractivity (Wildman–Crippen MR) is 81.5 cm³/mol. The van der Waals surface area contributed by atoms with Crippen molar-refractivity contribution in [1.82, 2.24) is 20.4 Å². The average Bonchev–Trinajstić information content (AvgIpc) is 2.98. The van der Waals surface area contributed by atoms with Crippen molar-refractivity contribution in [2.75, 3.05) is 32.7 Å². The smallest absolute Gasteiger partial charge is 0.287 e. The van der Waals surface area contributed by atoms with E-state index in [1.165, 1.54) is 0 Å². The molecule has 3 N–H and O–H groups in total. The SMILES string of the molecule is CCN(CC)CCCN(CC)Cc1cc(C(=O)NN)no1. The molecule has 1 rings (SSSR count). The van der Waals surface area contributed by atoms with Crippen LogP contribution in [0.3, 0.4) is 0 Å². The third kappa shape index (κ3) is 5.82. The molecule has 1 heterocycles. The van der Waals surface area contributed by atoms with E-state index in [9.17, 15) is 4.79 Å². The molecule has 0 saturated heterocycles. The Bertz CT molecular complexity index is 417. The van der Waals surface area contributed by atoms with Crippen LogP contribution in [0.4, 0.5) is 0 Å². The molecule has 0 aromatic carbocycles. The molecule has 1 aromatic heterocycles. The van der Waals surface area contributed by atoms with Gasteiger partial charge >= 0.3 is 0 Å². The van der Waals surface area contributed by atoms with E-state index in [-0.39, 0.29) is 5.69 Å². The number of carbonyl (C=O) groups is 1. The Labute approximate surface area is 126 Å². The van der Waals surface area contributed by atoms with Crippen LogP contribution in [0, 0.1) is 0 Å². The van der Waals surface area contributed by atoms with E-state index in [0.717, 1.165) is 39.1 Å². The molecule has 0 bridgehead atoms. The summed E-state index contributed by atoms with van der Waals surface area (Å²) in [6, 6.07) is 1.63. The zero-order valence-electron chi connectivity index (χ0n) is 13.3. The quantitative estimate of drug-likeness (QED) is 0.378. The van der Waals surface area contributed by atoms with Gasteiger partial charge in [-0.05, 0) is 39.1 Å². The highest BCUT2D eigenvalue weighted by Gasteiger charge is 2.13. The lowest BCUT2D eigenvalue weighted by Gasteiger charge is -2.22. The first-order valence-electron chi connectivity index (χ1n) is 7.55. The number of hydrogen-bond acceptors (Lipinski definition) is 6. The summed E-state index contributed by atoms with van der Waals surface area (Å²) < 4.78 is 5.17. The molecule has 0 spiro atoms. The largest absolute Gasteiger partial charge is 0.359 e. The van der Waals surface area contributed by atoms with Crippen LogP contribution in [0.1, 0.15) is 43.4 Å². The lowest BCUT2D eigenvalue weighted by Crippen LogP contribution is -2.30. The van der Waals surface area contributed by atoms with Gasteiger partial charge in [-0.1, -0.05) is 25.9 Å². The Kier molecular flexibility index (Phi) is 7.96. The van der Waals surface area contributed by atoms with Gasteiger partial charge in [0, 0.05) is 6.07 Å². The number of rotatable bonds is 10. The molecular formula is C14H27N5O2. The third-order valence-corrected chi connectivity index (χ3v) is 3.59. The summed E-state index contributed by atoms with van der Waals surface area (Å²) in [5.74, 6) is 5.31. The first kappa shape index (κ1) is 17.6. The first-order chi connectivity index (χ1) is 10.1. The fourth-order valence-corrected chi connectivity index (χ4v) is 2.20. The van der Waals surface area contributed by atoms with Crippen molar-refractivity contribution in [2.24, 2.45) is 5.84 Å². The van der Waals surface area contributed by atoms with E-state index in [1.807, 2.05) is 5.43 Å². The summed E-state index contributed by atoms with van der Waals surface area (Å²) in [5, 5.41) is 3.71. The number of nitrogens with two attached hydrogens (primary N) is 1. The molecule has 21 heavy (non-hydrogen) atoms. The Morgan fingerprint density at radius 2 is 1.86 bits per heavy atom. The van der Waals surface area contributed by atoms with Gasteiger partial charge < -0.3 is 9.42 Å². The highest BCUT2D eigenvalue weighted by atomic mass is 16.5. The number of hydrogen-bond donors (Lipinski definition) is 2. The van der Waals surface area contributed by atoms with Crippen LogP contribution in [0.2, 0.25) is 0 Å². The topological polar surface area (TPSA) is 87.6 Å². The number of nitrogens with zero attached hydrogens (tertiary/aromatic N) is 3. The fraction of sp³-hybridized carbons (Fsp3) is 0.714. The Morgan fingerprint density at radius 3 is 2.43 bits per heavy atom. The maximum absolute atomic E-state index is 11.3.